The molecule has 0 aromatic heterocycles. The van der Waals surface area contributed by atoms with Crippen molar-refractivity contribution >= 4 is 53.9 Å². The largest absolute Gasteiger partial charge is 0.508 e. The van der Waals surface area contributed by atoms with Crippen molar-refractivity contribution in [2.45, 2.75) is 0 Å². The molecular weight excluding hydrogens is 344 g/mol. The molecule has 0 saturated heterocycles. The molecule has 0 atom stereocenters. The van der Waals surface area contributed by atoms with Crippen LogP contribution in [0.4, 0.5) is 0 Å². The molecular formula is C26H16O2. The molecule has 6 rings (SSSR count). The molecule has 2 N–H and O–H groups in total. The third-order valence-corrected chi connectivity index (χ3v) is 5.75. The summed E-state index contributed by atoms with van der Waals surface area (Å²) in [5, 5.41) is 31.4. The monoisotopic (exact) mass is 360 g/mol. The first-order valence-corrected chi connectivity index (χ1v) is 9.32. The minimum absolute atomic E-state index is 0.264. The minimum atomic E-state index is 0.264. The van der Waals surface area contributed by atoms with Gasteiger partial charge < -0.3 is 10.2 Å². The normalized spacial score (nSPS) is 11.9. The summed E-state index contributed by atoms with van der Waals surface area (Å²) in [5.41, 5.74) is 0. The van der Waals surface area contributed by atoms with Crippen LogP contribution in [0.1, 0.15) is 0 Å². The van der Waals surface area contributed by atoms with Gasteiger partial charge in [-0.1, -0.05) is 60.7 Å². The fraction of sp³-hybridized carbons (Fsp3) is 0. The number of phenolic OH excluding ortho intramolecular Hbond substituents is 2. The second kappa shape index (κ2) is 5.37. The summed E-state index contributed by atoms with van der Waals surface area (Å²) < 4.78 is 0. The summed E-state index contributed by atoms with van der Waals surface area (Å²) in [6, 6.07) is 28.1. The van der Waals surface area contributed by atoms with Gasteiger partial charge in [0, 0.05) is 0 Å². The van der Waals surface area contributed by atoms with Gasteiger partial charge in [-0.15, -0.1) is 0 Å². The summed E-state index contributed by atoms with van der Waals surface area (Å²) >= 11 is 0. The van der Waals surface area contributed by atoms with E-state index in [2.05, 4.69) is 48.5 Å². The molecule has 0 heterocycles. The van der Waals surface area contributed by atoms with E-state index in [9.17, 15) is 10.2 Å². The Bertz CT molecular complexity index is 1450. The van der Waals surface area contributed by atoms with Gasteiger partial charge in [-0.05, 0) is 78.1 Å². The van der Waals surface area contributed by atoms with Gasteiger partial charge in [0.2, 0.25) is 0 Å². The van der Waals surface area contributed by atoms with E-state index in [4.69, 9.17) is 0 Å². The van der Waals surface area contributed by atoms with Crippen LogP contribution < -0.4 is 0 Å². The van der Waals surface area contributed by atoms with Crippen LogP contribution in [-0.2, 0) is 0 Å². The van der Waals surface area contributed by atoms with Crippen molar-refractivity contribution in [2.75, 3.05) is 0 Å². The molecule has 0 fully saturated rings. The predicted molar refractivity (Wildman–Crippen MR) is 117 cm³/mol. The van der Waals surface area contributed by atoms with Crippen molar-refractivity contribution < 1.29 is 10.2 Å². The first-order valence-electron chi connectivity index (χ1n) is 9.32. The summed E-state index contributed by atoms with van der Waals surface area (Å²) in [6.45, 7) is 0. The number of phenols is 2. The molecule has 0 radical (unpaired) electrons. The van der Waals surface area contributed by atoms with E-state index < -0.39 is 0 Å². The molecule has 0 aliphatic heterocycles. The fourth-order valence-corrected chi connectivity index (χ4v) is 4.48. The zero-order valence-electron chi connectivity index (χ0n) is 15.0. The predicted octanol–water partition coefficient (Wildman–Crippen LogP) is 6.86. The van der Waals surface area contributed by atoms with Crippen LogP contribution in [0.2, 0.25) is 0 Å². The van der Waals surface area contributed by atoms with Gasteiger partial charge in [-0.25, -0.2) is 0 Å². The molecule has 0 aliphatic carbocycles. The van der Waals surface area contributed by atoms with Crippen LogP contribution in [0.3, 0.4) is 0 Å². The molecule has 0 bridgehead atoms. The van der Waals surface area contributed by atoms with Crippen LogP contribution in [0.15, 0.2) is 84.9 Å². The maximum atomic E-state index is 10.2. The molecule has 2 heteroatoms. The number of aromatic hydroxyl groups is 2. The van der Waals surface area contributed by atoms with Crippen molar-refractivity contribution in [2.24, 2.45) is 0 Å². The van der Waals surface area contributed by atoms with Gasteiger partial charge in [-0.3, -0.25) is 0 Å². The summed E-state index contributed by atoms with van der Waals surface area (Å²) in [5.74, 6) is 0.527. The van der Waals surface area contributed by atoms with Gasteiger partial charge >= 0.3 is 0 Å². The Kier molecular flexibility index (Phi) is 2.93. The van der Waals surface area contributed by atoms with Crippen molar-refractivity contribution in [1.82, 2.24) is 0 Å². The van der Waals surface area contributed by atoms with E-state index in [0.29, 0.717) is 0 Å². The van der Waals surface area contributed by atoms with E-state index in [1.165, 1.54) is 0 Å². The standard InChI is InChI=1S/C26H16O2/c27-20-11-9-15-1-3-17-5-7-19-8-6-18-4-2-16-10-12-21(28)14-23(16)25(18)26(19)24(17)22(15)13-20/h1-14,27-28H. The SMILES string of the molecule is Oc1ccc2ccc3ccc4ccc5ccc6ccc(O)cc6c5c4c3c2c1. The zero-order valence-corrected chi connectivity index (χ0v) is 15.0. The molecule has 0 aliphatic rings. The first kappa shape index (κ1) is 15.3. The molecule has 6 aromatic rings. The number of benzene rings is 6. The third kappa shape index (κ3) is 2.03. The van der Waals surface area contributed by atoms with Crippen LogP contribution in [-0.4, -0.2) is 10.2 Å². The van der Waals surface area contributed by atoms with E-state index in [-0.39, 0.29) is 11.5 Å². The van der Waals surface area contributed by atoms with Crippen molar-refractivity contribution in [3.05, 3.63) is 84.9 Å². The number of hydrogen-bond acceptors (Lipinski definition) is 2. The highest BCUT2D eigenvalue weighted by Gasteiger charge is 2.12. The van der Waals surface area contributed by atoms with Gasteiger partial charge in [0.25, 0.3) is 0 Å². The maximum Gasteiger partial charge on any atom is 0.116 e. The average molecular weight is 360 g/mol. The Morgan fingerprint density at radius 1 is 0.357 bits per heavy atom. The second-order valence-corrected chi connectivity index (χ2v) is 7.37. The Balaban J connectivity index is 2.01. The van der Waals surface area contributed by atoms with E-state index in [0.717, 1.165) is 53.9 Å². The lowest BCUT2D eigenvalue weighted by molar-refractivity contribution is 0.475. The molecule has 2 nitrogen and oxygen atoms in total. The smallest absolute Gasteiger partial charge is 0.116 e. The molecule has 28 heavy (non-hydrogen) atoms. The Labute approximate surface area is 160 Å². The van der Waals surface area contributed by atoms with Crippen molar-refractivity contribution in [1.29, 1.82) is 0 Å². The van der Waals surface area contributed by atoms with Crippen LogP contribution >= 0.6 is 0 Å². The molecule has 0 unspecified atom stereocenters. The zero-order chi connectivity index (χ0) is 18.8. The lowest BCUT2D eigenvalue weighted by atomic mass is 9.90. The van der Waals surface area contributed by atoms with Crippen molar-refractivity contribution in [3.8, 4) is 11.5 Å². The number of fused-ring (bicyclic) bond motifs is 9. The van der Waals surface area contributed by atoms with Crippen LogP contribution in [0.25, 0.3) is 53.9 Å². The van der Waals surface area contributed by atoms with Gasteiger partial charge in [0.15, 0.2) is 0 Å². The van der Waals surface area contributed by atoms with Crippen LogP contribution in [0.5, 0.6) is 11.5 Å². The molecule has 0 amide bonds. The van der Waals surface area contributed by atoms with E-state index in [1.807, 2.05) is 24.3 Å². The quantitative estimate of drug-likeness (QED) is 0.290. The average Bonchev–Trinajstić information content (AvgIpc) is 2.72. The highest BCUT2D eigenvalue weighted by Crippen LogP contribution is 2.40. The molecule has 0 spiro atoms. The molecule has 0 saturated carbocycles. The Hall–Kier alpha value is -3.78. The highest BCUT2D eigenvalue weighted by atomic mass is 16.3. The van der Waals surface area contributed by atoms with Gasteiger partial charge in [0.05, 0.1) is 0 Å². The third-order valence-electron chi connectivity index (χ3n) is 5.75. The number of hydrogen-bond donors (Lipinski definition) is 2. The van der Waals surface area contributed by atoms with Gasteiger partial charge in [0.1, 0.15) is 11.5 Å². The maximum absolute atomic E-state index is 10.2. The second-order valence-electron chi connectivity index (χ2n) is 7.37. The topological polar surface area (TPSA) is 40.5 Å². The first-order chi connectivity index (χ1) is 13.7. The Morgan fingerprint density at radius 3 is 1.11 bits per heavy atom. The summed E-state index contributed by atoms with van der Waals surface area (Å²) in [4.78, 5) is 0. The van der Waals surface area contributed by atoms with Crippen LogP contribution in [0, 0.1) is 0 Å². The minimum Gasteiger partial charge on any atom is -0.508 e. The summed E-state index contributed by atoms with van der Waals surface area (Å²) in [6.07, 6.45) is 0. The lowest BCUT2D eigenvalue weighted by Gasteiger charge is -2.13. The Morgan fingerprint density at radius 2 is 0.679 bits per heavy atom. The van der Waals surface area contributed by atoms with E-state index >= 15 is 0 Å². The van der Waals surface area contributed by atoms with Crippen molar-refractivity contribution in [3.63, 3.8) is 0 Å². The summed E-state index contributed by atoms with van der Waals surface area (Å²) in [7, 11) is 0. The lowest BCUT2D eigenvalue weighted by Crippen LogP contribution is -1.85. The molecule has 132 valence electrons. The fourth-order valence-electron chi connectivity index (χ4n) is 4.48. The van der Waals surface area contributed by atoms with Gasteiger partial charge in [-0.2, -0.15) is 0 Å². The number of rotatable bonds is 0. The molecule has 6 aromatic carbocycles. The highest BCUT2D eigenvalue weighted by molar-refractivity contribution is 6.32. The van der Waals surface area contributed by atoms with E-state index in [1.54, 1.807) is 12.1 Å².